The van der Waals surface area contributed by atoms with Crippen LogP contribution in [0.5, 0.6) is 0 Å². The molecule has 0 spiro atoms. The first kappa shape index (κ1) is 27.3. The van der Waals surface area contributed by atoms with Crippen LogP contribution in [0.2, 0.25) is 0 Å². The molecule has 0 aromatic rings. The fourth-order valence-corrected chi connectivity index (χ4v) is 9.06. The molecule has 3 aliphatic carbocycles. The van der Waals surface area contributed by atoms with Crippen molar-refractivity contribution in [2.24, 2.45) is 58.2 Å². The van der Waals surface area contributed by atoms with Crippen molar-refractivity contribution in [2.75, 3.05) is 13.2 Å². The van der Waals surface area contributed by atoms with Crippen LogP contribution in [0.15, 0.2) is 0 Å². The Hall–Kier alpha value is -0.730. The van der Waals surface area contributed by atoms with Gasteiger partial charge in [0.15, 0.2) is 0 Å². The number of hydrogen-bond acceptors (Lipinski definition) is 7. The Kier molecular flexibility index (Phi) is 7.70. The molecule has 0 aromatic heterocycles. The SMILES string of the molecule is C[C@H]([C@H](O)[C@H](O)[C@@H](C)[C@@H](C)CO)[C@H]1CC[C@H]2[C@@H]3COC(=O)[C@H]4C[C@H](O)[C@H](O)C[C@]4(C)[C@H]3CC[C@]12C. The first-order valence-corrected chi connectivity index (χ1v) is 13.9. The Labute approximate surface area is 210 Å². The number of esters is 1. The maximum Gasteiger partial charge on any atom is 0.309 e. The van der Waals surface area contributed by atoms with Crippen molar-refractivity contribution in [3.05, 3.63) is 0 Å². The first-order chi connectivity index (χ1) is 16.4. The Bertz CT molecular complexity index is 774. The van der Waals surface area contributed by atoms with Crippen molar-refractivity contribution in [3.63, 3.8) is 0 Å². The van der Waals surface area contributed by atoms with Crippen molar-refractivity contribution >= 4 is 5.97 Å². The number of aliphatic hydroxyl groups is 5. The fraction of sp³-hybridized carbons (Fsp3) is 0.964. The second-order valence-corrected chi connectivity index (χ2v) is 13.2. The van der Waals surface area contributed by atoms with Gasteiger partial charge >= 0.3 is 5.97 Å². The quantitative estimate of drug-likeness (QED) is 0.357. The summed E-state index contributed by atoms with van der Waals surface area (Å²) in [4.78, 5) is 13.0. The van der Waals surface area contributed by atoms with Crippen LogP contribution < -0.4 is 0 Å². The smallest absolute Gasteiger partial charge is 0.309 e. The lowest BCUT2D eigenvalue weighted by atomic mass is 9.48. The van der Waals surface area contributed by atoms with Gasteiger partial charge in [-0.1, -0.05) is 34.6 Å². The number of aliphatic hydroxyl groups excluding tert-OH is 5. The molecule has 0 aromatic carbocycles. The van der Waals surface area contributed by atoms with E-state index < -0.39 is 29.8 Å². The molecule has 202 valence electrons. The predicted octanol–water partition coefficient (Wildman–Crippen LogP) is 2.36. The van der Waals surface area contributed by atoms with Gasteiger partial charge in [-0.05, 0) is 90.8 Å². The van der Waals surface area contributed by atoms with Crippen molar-refractivity contribution < 1.29 is 35.1 Å². The van der Waals surface area contributed by atoms with E-state index in [4.69, 9.17) is 4.74 Å². The molecule has 7 heteroatoms. The van der Waals surface area contributed by atoms with E-state index in [1.165, 1.54) is 0 Å². The second kappa shape index (κ2) is 9.86. The number of hydrogen-bond donors (Lipinski definition) is 5. The van der Waals surface area contributed by atoms with Crippen molar-refractivity contribution in [1.29, 1.82) is 0 Å². The maximum atomic E-state index is 13.0. The van der Waals surface area contributed by atoms with Gasteiger partial charge in [0.25, 0.3) is 0 Å². The van der Waals surface area contributed by atoms with Crippen LogP contribution in [0, 0.1) is 58.2 Å². The van der Waals surface area contributed by atoms with Crippen LogP contribution in [-0.2, 0) is 9.53 Å². The minimum absolute atomic E-state index is 0.0180. The van der Waals surface area contributed by atoms with E-state index >= 15 is 0 Å². The van der Waals surface area contributed by atoms with Crippen LogP contribution in [0.1, 0.15) is 73.1 Å². The van der Waals surface area contributed by atoms with Crippen molar-refractivity contribution in [1.82, 2.24) is 0 Å². The molecule has 0 radical (unpaired) electrons. The molecule has 7 nitrogen and oxygen atoms in total. The average molecular weight is 497 g/mol. The zero-order valence-corrected chi connectivity index (χ0v) is 22.1. The summed E-state index contributed by atoms with van der Waals surface area (Å²) in [6.07, 6.45) is 1.12. The number of carbonyl (C=O) groups is 1. The molecule has 4 fully saturated rings. The lowest BCUT2D eigenvalue weighted by molar-refractivity contribution is -0.162. The Morgan fingerprint density at radius 1 is 0.971 bits per heavy atom. The lowest BCUT2D eigenvalue weighted by Crippen LogP contribution is -2.55. The van der Waals surface area contributed by atoms with Gasteiger partial charge in [-0.2, -0.15) is 0 Å². The molecule has 1 aliphatic heterocycles. The molecule has 5 N–H and O–H groups in total. The molecule has 4 aliphatic rings. The van der Waals surface area contributed by atoms with E-state index in [0.717, 1.165) is 25.7 Å². The zero-order valence-electron chi connectivity index (χ0n) is 22.1. The summed E-state index contributed by atoms with van der Waals surface area (Å²) in [5.41, 5.74) is -0.421. The Balaban J connectivity index is 1.56. The average Bonchev–Trinajstić information content (AvgIpc) is 3.14. The summed E-state index contributed by atoms with van der Waals surface area (Å²) in [6.45, 7) is 10.7. The molecule has 35 heavy (non-hydrogen) atoms. The molecular weight excluding hydrogens is 448 g/mol. The van der Waals surface area contributed by atoms with Crippen molar-refractivity contribution in [2.45, 2.75) is 97.6 Å². The summed E-state index contributed by atoms with van der Waals surface area (Å²) in [5, 5.41) is 52.4. The Morgan fingerprint density at radius 2 is 1.63 bits per heavy atom. The number of carbonyl (C=O) groups excluding carboxylic acids is 1. The van der Waals surface area contributed by atoms with Gasteiger partial charge in [0.1, 0.15) is 0 Å². The Morgan fingerprint density at radius 3 is 2.29 bits per heavy atom. The minimum Gasteiger partial charge on any atom is -0.465 e. The third-order valence-electron chi connectivity index (χ3n) is 11.7. The summed E-state index contributed by atoms with van der Waals surface area (Å²) in [6, 6.07) is 0. The summed E-state index contributed by atoms with van der Waals surface area (Å²) in [5.74, 6) is 0.0316. The van der Waals surface area contributed by atoms with E-state index in [0.29, 0.717) is 18.9 Å². The molecule has 14 atom stereocenters. The van der Waals surface area contributed by atoms with Gasteiger partial charge in [0.2, 0.25) is 0 Å². The van der Waals surface area contributed by atoms with Crippen LogP contribution in [0.25, 0.3) is 0 Å². The van der Waals surface area contributed by atoms with E-state index in [2.05, 4.69) is 20.8 Å². The number of rotatable bonds is 6. The topological polar surface area (TPSA) is 127 Å². The third-order valence-corrected chi connectivity index (χ3v) is 11.7. The van der Waals surface area contributed by atoms with Crippen LogP contribution in [0.3, 0.4) is 0 Å². The highest BCUT2D eigenvalue weighted by atomic mass is 16.5. The first-order valence-electron chi connectivity index (χ1n) is 13.9. The highest BCUT2D eigenvalue weighted by Crippen LogP contribution is 2.66. The molecule has 4 rings (SSSR count). The molecule has 3 saturated carbocycles. The van der Waals surface area contributed by atoms with Gasteiger partial charge in [0.05, 0.1) is 36.9 Å². The van der Waals surface area contributed by atoms with Crippen molar-refractivity contribution in [3.8, 4) is 0 Å². The monoisotopic (exact) mass is 496 g/mol. The predicted molar refractivity (Wildman–Crippen MR) is 131 cm³/mol. The van der Waals surface area contributed by atoms with Gasteiger partial charge in [0, 0.05) is 6.61 Å². The van der Waals surface area contributed by atoms with Gasteiger partial charge in [-0.25, -0.2) is 0 Å². The zero-order chi connectivity index (χ0) is 25.9. The molecule has 1 saturated heterocycles. The largest absolute Gasteiger partial charge is 0.465 e. The van der Waals surface area contributed by atoms with Crippen LogP contribution >= 0.6 is 0 Å². The summed E-state index contributed by atoms with van der Waals surface area (Å²) < 4.78 is 5.85. The van der Waals surface area contributed by atoms with Gasteiger partial charge in [-0.15, -0.1) is 0 Å². The molecule has 0 bridgehead atoms. The van der Waals surface area contributed by atoms with Gasteiger partial charge in [-0.3, -0.25) is 4.79 Å². The molecular formula is C28H48O7. The normalized spacial score (nSPS) is 47.8. The van der Waals surface area contributed by atoms with Crippen LogP contribution in [0.4, 0.5) is 0 Å². The van der Waals surface area contributed by atoms with E-state index in [1.807, 2.05) is 13.8 Å². The number of fused-ring (bicyclic) bond motifs is 5. The number of cyclic esters (lactones) is 1. The molecule has 1 heterocycles. The molecule has 0 amide bonds. The maximum absolute atomic E-state index is 13.0. The molecule has 0 unspecified atom stereocenters. The number of ether oxygens (including phenoxy) is 1. The minimum atomic E-state index is -0.889. The van der Waals surface area contributed by atoms with Crippen LogP contribution in [-0.4, -0.2) is 69.1 Å². The van der Waals surface area contributed by atoms with E-state index in [1.54, 1.807) is 0 Å². The standard InChI is InChI=1S/C28H48O7/c1-14(12-29)15(2)24(32)25(33)16(3)18-6-7-19-17-13-35-26(34)21-10-22(30)23(31)11-28(21,5)20(17)8-9-27(18,19)4/h14-25,29-33H,6-13H2,1-5H3/t14-,15-,16-,17-,18+,19-,20-,21+,22-,23+,24+,25-,27+,28+/m0/s1. The van der Waals surface area contributed by atoms with E-state index in [9.17, 15) is 30.3 Å². The summed E-state index contributed by atoms with van der Waals surface area (Å²) in [7, 11) is 0. The lowest BCUT2D eigenvalue weighted by Gasteiger charge is -2.56. The highest BCUT2D eigenvalue weighted by molar-refractivity contribution is 5.74. The third kappa shape index (κ3) is 4.37. The summed E-state index contributed by atoms with van der Waals surface area (Å²) >= 11 is 0. The van der Waals surface area contributed by atoms with E-state index in [-0.39, 0.29) is 65.8 Å². The fourth-order valence-electron chi connectivity index (χ4n) is 9.06. The second-order valence-electron chi connectivity index (χ2n) is 13.2. The van der Waals surface area contributed by atoms with Gasteiger partial charge < -0.3 is 30.3 Å². The highest BCUT2D eigenvalue weighted by Gasteiger charge is 2.63.